The number of aromatic nitrogens is 3. The second-order valence-corrected chi connectivity index (χ2v) is 7.93. The minimum atomic E-state index is -0.0756. The molecule has 0 fully saturated rings. The number of fused-ring (bicyclic) bond motifs is 1. The molecule has 0 spiro atoms. The summed E-state index contributed by atoms with van der Waals surface area (Å²) >= 11 is 6.52. The fourth-order valence-corrected chi connectivity index (χ4v) is 4.04. The molecule has 7 heteroatoms. The first-order chi connectivity index (χ1) is 15.2. The lowest BCUT2D eigenvalue weighted by molar-refractivity contribution is -0.121. The van der Waals surface area contributed by atoms with Crippen LogP contribution in [0, 0.1) is 0 Å². The van der Waals surface area contributed by atoms with E-state index in [2.05, 4.69) is 33.4 Å². The van der Waals surface area contributed by atoms with E-state index in [-0.39, 0.29) is 18.2 Å². The van der Waals surface area contributed by atoms with E-state index < -0.39 is 0 Å². The molecule has 4 rings (SSSR count). The van der Waals surface area contributed by atoms with E-state index in [0.29, 0.717) is 29.7 Å². The quantitative estimate of drug-likeness (QED) is 0.385. The summed E-state index contributed by atoms with van der Waals surface area (Å²) in [6, 6.07) is 15.9. The Labute approximate surface area is 186 Å². The Balaban J connectivity index is 1.47. The molecule has 0 radical (unpaired) electrons. The topological polar surface area (TPSA) is 83.8 Å². The Morgan fingerprint density at radius 3 is 2.77 bits per heavy atom. The van der Waals surface area contributed by atoms with Crippen LogP contribution in [0.25, 0.3) is 10.9 Å². The molecule has 0 bridgehead atoms. The first-order valence-electron chi connectivity index (χ1n) is 10.5. The van der Waals surface area contributed by atoms with Gasteiger partial charge in [0.2, 0.25) is 11.8 Å². The first-order valence-corrected chi connectivity index (χ1v) is 10.9. The average molecular weight is 437 g/mol. The van der Waals surface area contributed by atoms with Gasteiger partial charge in [0, 0.05) is 53.8 Å². The Bertz CT molecular complexity index is 1170. The summed E-state index contributed by atoms with van der Waals surface area (Å²) in [6.07, 6.45) is 4.44. The monoisotopic (exact) mass is 436 g/mol. The molecule has 0 saturated heterocycles. The van der Waals surface area contributed by atoms with Gasteiger partial charge in [0.05, 0.1) is 0 Å². The number of hydrogen-bond acceptors (Lipinski definition) is 4. The highest BCUT2D eigenvalue weighted by Gasteiger charge is 2.21. The van der Waals surface area contributed by atoms with Gasteiger partial charge in [-0.15, -0.1) is 0 Å². The number of H-pyrrole nitrogens is 1. The van der Waals surface area contributed by atoms with E-state index >= 15 is 0 Å². The Morgan fingerprint density at radius 1 is 1.13 bits per heavy atom. The number of amides is 1. The summed E-state index contributed by atoms with van der Waals surface area (Å²) in [4.78, 5) is 20.2. The lowest BCUT2D eigenvalue weighted by atomic mass is 9.90. The third-order valence-electron chi connectivity index (χ3n) is 5.33. The number of halogens is 1. The maximum Gasteiger partial charge on any atom is 0.227 e. The van der Waals surface area contributed by atoms with E-state index in [1.165, 1.54) is 0 Å². The van der Waals surface area contributed by atoms with E-state index in [9.17, 15) is 4.79 Å². The first kappa shape index (κ1) is 21.1. The minimum Gasteiger partial charge on any atom is -0.361 e. The van der Waals surface area contributed by atoms with E-state index in [1.807, 2.05) is 48.7 Å². The van der Waals surface area contributed by atoms with Gasteiger partial charge in [0.1, 0.15) is 0 Å². The van der Waals surface area contributed by atoms with Gasteiger partial charge >= 0.3 is 0 Å². The van der Waals surface area contributed by atoms with Crippen LogP contribution < -0.4 is 5.32 Å². The normalized spacial score (nSPS) is 12.2. The van der Waals surface area contributed by atoms with Crippen LogP contribution in [0.15, 0.2) is 59.3 Å². The van der Waals surface area contributed by atoms with Gasteiger partial charge in [0.15, 0.2) is 5.82 Å². The number of hydrogen-bond donors (Lipinski definition) is 2. The molecule has 6 nitrogen and oxygen atoms in total. The molecule has 4 aromatic rings. The van der Waals surface area contributed by atoms with Crippen molar-refractivity contribution in [2.75, 3.05) is 6.54 Å². The van der Waals surface area contributed by atoms with E-state index in [1.54, 1.807) is 0 Å². The van der Waals surface area contributed by atoms with Crippen LogP contribution >= 0.6 is 11.6 Å². The van der Waals surface area contributed by atoms with Crippen molar-refractivity contribution in [2.24, 2.45) is 0 Å². The van der Waals surface area contributed by atoms with Crippen LogP contribution in [0.4, 0.5) is 0 Å². The smallest absolute Gasteiger partial charge is 0.227 e. The SMILES string of the molecule is CCCc1noc(CCC(=O)NCC(c2ccccc2Cl)c2c[nH]c3ccccc23)n1. The molecular formula is C24H25ClN4O2. The summed E-state index contributed by atoms with van der Waals surface area (Å²) in [6.45, 7) is 2.50. The minimum absolute atomic E-state index is 0.0628. The van der Waals surface area contributed by atoms with E-state index in [4.69, 9.17) is 16.1 Å². The second kappa shape index (κ2) is 9.79. The fourth-order valence-electron chi connectivity index (χ4n) is 3.77. The second-order valence-electron chi connectivity index (χ2n) is 7.52. The predicted octanol–water partition coefficient (Wildman–Crippen LogP) is 5.04. The molecule has 2 N–H and O–H groups in total. The maximum atomic E-state index is 12.6. The van der Waals surface area contributed by atoms with Gasteiger partial charge in [0.25, 0.3) is 0 Å². The summed E-state index contributed by atoms with van der Waals surface area (Å²) in [5, 5.41) is 8.80. The van der Waals surface area contributed by atoms with Crippen LogP contribution in [-0.4, -0.2) is 27.6 Å². The molecule has 0 aliphatic carbocycles. The zero-order valence-electron chi connectivity index (χ0n) is 17.4. The molecule has 2 heterocycles. The molecule has 1 unspecified atom stereocenters. The van der Waals surface area contributed by atoms with Crippen molar-refractivity contribution in [3.8, 4) is 0 Å². The standard InChI is InChI=1S/C24H25ClN4O2/c1-2-7-22-28-24(31-29-22)13-12-23(30)27-15-18(16-8-3-5-10-20(16)25)19-14-26-21-11-6-4-9-17(19)21/h3-6,8-11,14,18,26H,2,7,12-13,15H2,1H3,(H,27,30). The molecule has 1 atom stereocenters. The van der Waals surface area contributed by atoms with Crippen LogP contribution in [0.2, 0.25) is 5.02 Å². The highest BCUT2D eigenvalue weighted by atomic mass is 35.5. The van der Waals surface area contributed by atoms with Gasteiger partial charge in [-0.2, -0.15) is 4.98 Å². The molecule has 1 amide bonds. The van der Waals surface area contributed by atoms with Crippen LogP contribution in [-0.2, 0) is 17.6 Å². The predicted molar refractivity (Wildman–Crippen MR) is 121 cm³/mol. The van der Waals surface area contributed by atoms with Gasteiger partial charge in [-0.05, 0) is 29.7 Å². The highest BCUT2D eigenvalue weighted by Crippen LogP contribution is 2.34. The largest absolute Gasteiger partial charge is 0.361 e. The van der Waals surface area contributed by atoms with Crippen molar-refractivity contribution in [2.45, 2.75) is 38.5 Å². The molecule has 2 aromatic carbocycles. The number of rotatable bonds is 9. The summed E-state index contributed by atoms with van der Waals surface area (Å²) in [7, 11) is 0. The molecule has 0 aliphatic heterocycles. The Kier molecular flexibility index (Phi) is 6.67. The highest BCUT2D eigenvalue weighted by molar-refractivity contribution is 6.31. The fraction of sp³-hybridized carbons (Fsp3) is 0.292. The lowest BCUT2D eigenvalue weighted by Crippen LogP contribution is -2.29. The molecule has 31 heavy (non-hydrogen) atoms. The third-order valence-corrected chi connectivity index (χ3v) is 5.67. The number of aromatic amines is 1. The van der Waals surface area contributed by atoms with Gasteiger partial charge in [-0.1, -0.05) is 60.1 Å². The summed E-state index contributed by atoms with van der Waals surface area (Å²) in [5.41, 5.74) is 3.14. The van der Waals surface area contributed by atoms with Gasteiger partial charge < -0.3 is 14.8 Å². The van der Waals surface area contributed by atoms with Crippen molar-refractivity contribution in [3.63, 3.8) is 0 Å². The number of nitrogens with zero attached hydrogens (tertiary/aromatic N) is 2. The Hall–Kier alpha value is -3.12. The molecule has 160 valence electrons. The third kappa shape index (κ3) is 4.97. The number of carbonyl (C=O) groups is 1. The van der Waals surface area contributed by atoms with Crippen LogP contribution in [0.3, 0.4) is 0 Å². The summed E-state index contributed by atoms with van der Waals surface area (Å²) in [5.74, 6) is 1.05. The van der Waals surface area contributed by atoms with Crippen molar-refractivity contribution in [1.82, 2.24) is 20.4 Å². The maximum absolute atomic E-state index is 12.6. The zero-order valence-corrected chi connectivity index (χ0v) is 18.2. The number of aryl methyl sites for hydroxylation is 2. The van der Waals surface area contributed by atoms with Gasteiger partial charge in [-0.25, -0.2) is 0 Å². The summed E-state index contributed by atoms with van der Waals surface area (Å²) < 4.78 is 5.22. The zero-order chi connectivity index (χ0) is 21.6. The molecule has 2 aromatic heterocycles. The van der Waals surface area contributed by atoms with E-state index in [0.717, 1.165) is 34.9 Å². The number of carbonyl (C=O) groups excluding carboxylic acids is 1. The number of para-hydroxylation sites is 1. The molecule has 0 saturated carbocycles. The van der Waals surface area contributed by atoms with Crippen LogP contribution in [0.5, 0.6) is 0 Å². The molecular weight excluding hydrogens is 412 g/mol. The van der Waals surface area contributed by atoms with Crippen molar-refractivity contribution in [3.05, 3.63) is 82.6 Å². The van der Waals surface area contributed by atoms with Crippen molar-refractivity contribution in [1.29, 1.82) is 0 Å². The van der Waals surface area contributed by atoms with Gasteiger partial charge in [-0.3, -0.25) is 4.79 Å². The van der Waals surface area contributed by atoms with Crippen LogP contribution in [0.1, 0.15) is 48.5 Å². The average Bonchev–Trinajstić information content (AvgIpc) is 3.41. The van der Waals surface area contributed by atoms with Crippen molar-refractivity contribution < 1.29 is 9.32 Å². The lowest BCUT2D eigenvalue weighted by Gasteiger charge is -2.19. The van der Waals surface area contributed by atoms with Crippen molar-refractivity contribution >= 4 is 28.4 Å². The number of benzene rings is 2. The molecule has 0 aliphatic rings. The Morgan fingerprint density at radius 2 is 1.94 bits per heavy atom. The number of nitrogens with one attached hydrogen (secondary N) is 2.